The average Bonchev–Trinajstić information content (AvgIpc) is 2.86. The molecule has 8 heteroatoms. The van der Waals surface area contributed by atoms with Gasteiger partial charge < -0.3 is 20.7 Å². The molecule has 0 aromatic rings. The summed E-state index contributed by atoms with van der Waals surface area (Å²) in [6.07, 6.45) is 2.85. The molecule has 2 fully saturated rings. The van der Waals surface area contributed by atoms with E-state index in [2.05, 4.69) is 16.0 Å². The Hall–Kier alpha value is -1.67. The Morgan fingerprint density at radius 2 is 1.88 bits per heavy atom. The molecule has 0 aliphatic carbocycles. The number of urea groups is 1. The van der Waals surface area contributed by atoms with Crippen LogP contribution in [0.5, 0.6) is 0 Å². The van der Waals surface area contributed by atoms with E-state index in [-0.39, 0.29) is 23.8 Å². The average molecular weight is 354 g/mol. The number of hydrogen-bond donors (Lipinski definition) is 3. The van der Waals surface area contributed by atoms with E-state index in [0.29, 0.717) is 26.0 Å². The van der Waals surface area contributed by atoms with Crippen LogP contribution in [0.25, 0.3) is 0 Å². The second-order valence-electron chi connectivity index (χ2n) is 7.07. The molecule has 4 amide bonds. The fraction of sp³-hybridized carbons (Fsp3) is 0.824. The van der Waals surface area contributed by atoms with E-state index in [0.717, 1.165) is 30.8 Å². The summed E-state index contributed by atoms with van der Waals surface area (Å²) in [5, 5.41) is 8.93. The van der Waals surface area contributed by atoms with Crippen LogP contribution in [-0.2, 0) is 14.3 Å². The molecule has 0 saturated carbocycles. The SMILES string of the molecule is CCC1(CC)NC(=O)N(CC(=O)NCC2(COC)CCNCC2)C1=O. The van der Waals surface area contributed by atoms with Crippen LogP contribution in [0.1, 0.15) is 39.5 Å². The normalized spacial score (nSPS) is 22.0. The minimum atomic E-state index is -0.871. The van der Waals surface area contributed by atoms with Gasteiger partial charge >= 0.3 is 6.03 Å². The second-order valence-corrected chi connectivity index (χ2v) is 7.07. The van der Waals surface area contributed by atoms with Gasteiger partial charge in [-0.05, 0) is 38.8 Å². The van der Waals surface area contributed by atoms with Crippen molar-refractivity contribution in [3.8, 4) is 0 Å². The maximum atomic E-state index is 12.5. The summed E-state index contributed by atoms with van der Waals surface area (Å²) >= 11 is 0. The van der Waals surface area contributed by atoms with Crippen molar-refractivity contribution >= 4 is 17.8 Å². The van der Waals surface area contributed by atoms with Crippen molar-refractivity contribution in [2.45, 2.75) is 45.1 Å². The van der Waals surface area contributed by atoms with Gasteiger partial charge in [-0.15, -0.1) is 0 Å². The molecule has 0 spiro atoms. The van der Waals surface area contributed by atoms with E-state index in [1.807, 2.05) is 13.8 Å². The van der Waals surface area contributed by atoms with Crippen LogP contribution < -0.4 is 16.0 Å². The monoisotopic (exact) mass is 354 g/mol. The van der Waals surface area contributed by atoms with E-state index < -0.39 is 11.6 Å². The van der Waals surface area contributed by atoms with Gasteiger partial charge in [-0.2, -0.15) is 0 Å². The molecule has 2 aliphatic rings. The first kappa shape index (κ1) is 19.7. The number of piperidine rings is 1. The van der Waals surface area contributed by atoms with Crippen molar-refractivity contribution in [2.75, 3.05) is 39.9 Å². The molecule has 0 radical (unpaired) electrons. The van der Waals surface area contributed by atoms with Crippen LogP contribution in [0.4, 0.5) is 4.79 Å². The van der Waals surface area contributed by atoms with Crippen molar-refractivity contribution in [3.05, 3.63) is 0 Å². The lowest BCUT2D eigenvalue weighted by atomic mass is 9.79. The summed E-state index contributed by atoms with van der Waals surface area (Å²) in [6, 6.07) is -0.489. The number of nitrogens with one attached hydrogen (secondary N) is 3. The number of carbonyl (C=O) groups is 3. The molecule has 2 saturated heterocycles. The van der Waals surface area contributed by atoms with Gasteiger partial charge in [-0.25, -0.2) is 4.79 Å². The Morgan fingerprint density at radius 1 is 1.24 bits per heavy atom. The van der Waals surface area contributed by atoms with E-state index in [1.165, 1.54) is 0 Å². The fourth-order valence-electron chi connectivity index (χ4n) is 3.67. The van der Waals surface area contributed by atoms with Gasteiger partial charge in [0.25, 0.3) is 5.91 Å². The number of amides is 4. The lowest BCUT2D eigenvalue weighted by Crippen LogP contribution is -2.50. The van der Waals surface area contributed by atoms with Crippen LogP contribution >= 0.6 is 0 Å². The lowest BCUT2D eigenvalue weighted by Gasteiger charge is -2.37. The molecule has 0 bridgehead atoms. The van der Waals surface area contributed by atoms with Crippen molar-refractivity contribution < 1.29 is 19.1 Å². The Balaban J connectivity index is 1.93. The van der Waals surface area contributed by atoms with Crippen LogP contribution in [0.2, 0.25) is 0 Å². The first-order valence-corrected chi connectivity index (χ1v) is 9.02. The smallest absolute Gasteiger partial charge is 0.325 e. The number of nitrogens with zero attached hydrogens (tertiary/aromatic N) is 1. The molecule has 0 atom stereocenters. The minimum Gasteiger partial charge on any atom is -0.384 e. The molecule has 2 rings (SSSR count). The number of methoxy groups -OCH3 is 1. The van der Waals surface area contributed by atoms with Crippen LogP contribution in [0, 0.1) is 5.41 Å². The predicted octanol–water partition coefficient (Wildman–Crippen LogP) is 0.229. The van der Waals surface area contributed by atoms with Crippen molar-refractivity contribution in [3.63, 3.8) is 0 Å². The second kappa shape index (κ2) is 8.14. The highest BCUT2D eigenvalue weighted by atomic mass is 16.5. The highest BCUT2D eigenvalue weighted by Gasteiger charge is 2.49. The third-order valence-corrected chi connectivity index (χ3v) is 5.53. The topological polar surface area (TPSA) is 99.8 Å². The highest BCUT2D eigenvalue weighted by Crippen LogP contribution is 2.28. The number of carbonyl (C=O) groups excluding carboxylic acids is 3. The van der Waals surface area contributed by atoms with Gasteiger partial charge in [-0.3, -0.25) is 14.5 Å². The summed E-state index contributed by atoms with van der Waals surface area (Å²) in [5.74, 6) is -0.633. The first-order valence-electron chi connectivity index (χ1n) is 9.02. The van der Waals surface area contributed by atoms with Gasteiger partial charge in [0.1, 0.15) is 12.1 Å². The molecule has 2 heterocycles. The standard InChI is InChI=1S/C17H30N4O4/c1-4-17(5-2)14(23)21(15(24)20-17)10-13(22)19-11-16(12-25-3)6-8-18-9-7-16/h18H,4-12H2,1-3H3,(H,19,22)(H,20,24). The highest BCUT2D eigenvalue weighted by molar-refractivity contribution is 6.08. The quantitative estimate of drug-likeness (QED) is 0.542. The lowest BCUT2D eigenvalue weighted by molar-refractivity contribution is -0.135. The minimum absolute atomic E-state index is 0.0937. The first-order chi connectivity index (χ1) is 11.9. The van der Waals surface area contributed by atoms with Gasteiger partial charge in [0.15, 0.2) is 0 Å². The van der Waals surface area contributed by atoms with E-state index in [4.69, 9.17) is 4.74 Å². The molecule has 0 unspecified atom stereocenters. The largest absolute Gasteiger partial charge is 0.384 e. The Labute approximate surface area is 149 Å². The van der Waals surface area contributed by atoms with Crippen LogP contribution in [0.3, 0.4) is 0 Å². The van der Waals surface area contributed by atoms with Gasteiger partial charge in [0.05, 0.1) is 6.61 Å². The van der Waals surface area contributed by atoms with Gasteiger partial charge in [0, 0.05) is 19.1 Å². The summed E-state index contributed by atoms with van der Waals surface area (Å²) in [7, 11) is 1.66. The van der Waals surface area contributed by atoms with Gasteiger partial charge in [0.2, 0.25) is 5.91 Å². The maximum absolute atomic E-state index is 12.5. The zero-order valence-corrected chi connectivity index (χ0v) is 15.4. The molecule has 2 aliphatic heterocycles. The Morgan fingerprint density at radius 3 is 2.40 bits per heavy atom. The summed E-state index contributed by atoms with van der Waals surface area (Å²) in [6.45, 7) is 6.32. The number of ether oxygens (including phenoxy) is 1. The zero-order chi connectivity index (χ0) is 18.5. The summed E-state index contributed by atoms with van der Waals surface area (Å²) in [4.78, 5) is 38.0. The molecule has 3 N–H and O–H groups in total. The van der Waals surface area contributed by atoms with Crippen LogP contribution in [-0.4, -0.2) is 68.2 Å². The maximum Gasteiger partial charge on any atom is 0.325 e. The van der Waals surface area contributed by atoms with E-state index >= 15 is 0 Å². The molecule has 0 aromatic heterocycles. The molecule has 0 aromatic carbocycles. The van der Waals surface area contributed by atoms with Crippen LogP contribution in [0.15, 0.2) is 0 Å². The Bertz CT molecular complexity index is 507. The van der Waals surface area contributed by atoms with Crippen molar-refractivity contribution in [1.29, 1.82) is 0 Å². The number of rotatable bonds is 8. The molecular weight excluding hydrogens is 324 g/mol. The fourth-order valence-corrected chi connectivity index (χ4v) is 3.67. The van der Waals surface area contributed by atoms with E-state index in [1.54, 1.807) is 7.11 Å². The third kappa shape index (κ3) is 4.12. The molecule has 8 nitrogen and oxygen atoms in total. The van der Waals surface area contributed by atoms with Crippen molar-refractivity contribution in [2.24, 2.45) is 5.41 Å². The number of hydrogen-bond acceptors (Lipinski definition) is 5. The molecule has 25 heavy (non-hydrogen) atoms. The molecule has 142 valence electrons. The summed E-state index contributed by atoms with van der Waals surface area (Å²) in [5.41, 5.74) is -0.965. The number of imide groups is 1. The van der Waals surface area contributed by atoms with Gasteiger partial charge in [-0.1, -0.05) is 13.8 Å². The predicted molar refractivity (Wildman–Crippen MR) is 93.0 cm³/mol. The zero-order valence-electron chi connectivity index (χ0n) is 15.4. The third-order valence-electron chi connectivity index (χ3n) is 5.53. The summed E-state index contributed by atoms with van der Waals surface area (Å²) < 4.78 is 5.33. The van der Waals surface area contributed by atoms with Crippen molar-refractivity contribution in [1.82, 2.24) is 20.9 Å². The molecular formula is C17H30N4O4. The Kier molecular flexibility index (Phi) is 6.40. The van der Waals surface area contributed by atoms with E-state index in [9.17, 15) is 14.4 Å².